The molecule has 0 spiro atoms. The van der Waals surface area contributed by atoms with Crippen molar-refractivity contribution in [2.75, 3.05) is 19.6 Å². The van der Waals surface area contributed by atoms with Gasteiger partial charge in [-0.3, -0.25) is 4.90 Å². The Morgan fingerprint density at radius 2 is 1.65 bits per heavy atom. The molecule has 0 saturated carbocycles. The van der Waals surface area contributed by atoms with Gasteiger partial charge in [0, 0.05) is 18.1 Å². The highest BCUT2D eigenvalue weighted by atomic mass is 35.5. The molecule has 1 aliphatic heterocycles. The maximum absolute atomic E-state index is 6.26. The molecule has 2 aromatic rings. The zero-order chi connectivity index (χ0) is 15.9. The van der Waals surface area contributed by atoms with Gasteiger partial charge in [-0.25, -0.2) is 0 Å². The van der Waals surface area contributed by atoms with Crippen LogP contribution < -0.4 is 5.32 Å². The molecule has 1 saturated heterocycles. The van der Waals surface area contributed by atoms with E-state index >= 15 is 0 Å². The topological polar surface area (TPSA) is 15.3 Å². The Labute approximate surface area is 144 Å². The number of hydrogen-bond donors (Lipinski definition) is 1. The van der Waals surface area contributed by atoms with E-state index in [-0.39, 0.29) is 0 Å². The number of piperidine rings is 1. The van der Waals surface area contributed by atoms with E-state index in [9.17, 15) is 0 Å². The van der Waals surface area contributed by atoms with Crippen molar-refractivity contribution in [3.05, 3.63) is 70.7 Å². The lowest BCUT2D eigenvalue weighted by Gasteiger charge is -2.32. The summed E-state index contributed by atoms with van der Waals surface area (Å²) >= 11 is 6.26. The van der Waals surface area contributed by atoms with E-state index in [0.717, 1.165) is 30.6 Å². The minimum Gasteiger partial charge on any atom is -0.312 e. The zero-order valence-corrected chi connectivity index (χ0v) is 14.3. The number of likely N-dealkylation sites (tertiary alicyclic amines) is 1. The maximum Gasteiger partial charge on any atom is 0.0451 e. The number of halogens is 1. The summed E-state index contributed by atoms with van der Waals surface area (Å²) in [6, 6.07) is 18.8. The van der Waals surface area contributed by atoms with Gasteiger partial charge in [-0.1, -0.05) is 60.1 Å². The summed E-state index contributed by atoms with van der Waals surface area (Å²) in [6.45, 7) is 5.41. The lowest BCUT2D eigenvalue weighted by Crippen LogP contribution is -2.36. The van der Waals surface area contributed by atoms with Crippen molar-refractivity contribution in [1.29, 1.82) is 0 Å². The zero-order valence-electron chi connectivity index (χ0n) is 13.5. The molecule has 0 bridgehead atoms. The van der Waals surface area contributed by atoms with Gasteiger partial charge in [-0.15, -0.1) is 0 Å². The Balaban J connectivity index is 1.38. The predicted octanol–water partition coefficient (Wildman–Crippen LogP) is 4.34. The molecule has 0 radical (unpaired) electrons. The molecule has 3 heteroatoms. The third kappa shape index (κ3) is 5.07. The first-order valence-corrected chi connectivity index (χ1v) is 8.89. The Kier molecular flexibility index (Phi) is 6.09. The third-order valence-corrected chi connectivity index (χ3v) is 5.03. The summed E-state index contributed by atoms with van der Waals surface area (Å²) in [6.07, 6.45) is 2.54. The van der Waals surface area contributed by atoms with E-state index in [0.29, 0.717) is 0 Å². The summed E-state index contributed by atoms with van der Waals surface area (Å²) in [5.41, 5.74) is 2.61. The molecule has 1 N–H and O–H groups in total. The summed E-state index contributed by atoms with van der Waals surface area (Å²) in [4.78, 5) is 2.52. The number of hydrogen-bond acceptors (Lipinski definition) is 2. The fourth-order valence-corrected chi connectivity index (χ4v) is 3.43. The summed E-state index contributed by atoms with van der Waals surface area (Å²) in [5, 5.41) is 4.49. The average Bonchev–Trinajstić information content (AvgIpc) is 2.59. The average molecular weight is 329 g/mol. The van der Waals surface area contributed by atoms with Crippen LogP contribution in [0, 0.1) is 5.92 Å². The van der Waals surface area contributed by atoms with Gasteiger partial charge in [0.15, 0.2) is 0 Å². The highest BCUT2D eigenvalue weighted by Gasteiger charge is 2.19. The lowest BCUT2D eigenvalue weighted by molar-refractivity contribution is 0.175. The van der Waals surface area contributed by atoms with Crippen LogP contribution in [0.15, 0.2) is 54.6 Å². The Morgan fingerprint density at radius 3 is 2.39 bits per heavy atom. The number of benzene rings is 2. The van der Waals surface area contributed by atoms with Crippen LogP contribution >= 0.6 is 11.6 Å². The third-order valence-electron chi connectivity index (χ3n) is 4.66. The Hall–Kier alpha value is -1.35. The first-order chi connectivity index (χ1) is 11.3. The predicted molar refractivity (Wildman–Crippen MR) is 97.6 cm³/mol. The van der Waals surface area contributed by atoms with Crippen molar-refractivity contribution in [1.82, 2.24) is 10.2 Å². The summed E-state index contributed by atoms with van der Waals surface area (Å²) in [7, 11) is 0. The van der Waals surface area contributed by atoms with Crippen LogP contribution in [-0.2, 0) is 13.1 Å². The molecule has 0 unspecified atom stereocenters. The van der Waals surface area contributed by atoms with Crippen molar-refractivity contribution in [3.8, 4) is 0 Å². The van der Waals surface area contributed by atoms with Gasteiger partial charge in [-0.05, 0) is 55.6 Å². The van der Waals surface area contributed by atoms with Crippen molar-refractivity contribution in [3.63, 3.8) is 0 Å². The van der Waals surface area contributed by atoms with E-state index in [4.69, 9.17) is 11.6 Å². The molecule has 2 nitrogen and oxygen atoms in total. The fourth-order valence-electron chi connectivity index (χ4n) is 3.23. The van der Waals surface area contributed by atoms with Gasteiger partial charge in [0.2, 0.25) is 0 Å². The largest absolute Gasteiger partial charge is 0.312 e. The molecule has 0 amide bonds. The first kappa shape index (κ1) is 16.5. The molecule has 1 heterocycles. The highest BCUT2D eigenvalue weighted by Crippen LogP contribution is 2.22. The quantitative estimate of drug-likeness (QED) is 0.848. The summed E-state index contributed by atoms with van der Waals surface area (Å²) in [5.74, 6) is 0.793. The van der Waals surface area contributed by atoms with Gasteiger partial charge in [-0.2, -0.15) is 0 Å². The molecule has 0 aliphatic carbocycles. The molecule has 122 valence electrons. The molecule has 2 aromatic carbocycles. The second kappa shape index (κ2) is 8.49. The number of nitrogens with one attached hydrogen (secondary N) is 1. The van der Waals surface area contributed by atoms with E-state index < -0.39 is 0 Å². The molecule has 0 atom stereocenters. The molecule has 3 rings (SSSR count). The number of rotatable bonds is 6. The van der Waals surface area contributed by atoms with Crippen LogP contribution in [0.4, 0.5) is 0 Å². The monoisotopic (exact) mass is 328 g/mol. The molecule has 0 aromatic heterocycles. The van der Waals surface area contributed by atoms with Gasteiger partial charge < -0.3 is 5.32 Å². The van der Waals surface area contributed by atoms with Crippen molar-refractivity contribution < 1.29 is 0 Å². The van der Waals surface area contributed by atoms with Crippen molar-refractivity contribution in [2.45, 2.75) is 25.9 Å². The van der Waals surface area contributed by atoms with Crippen LogP contribution in [0.5, 0.6) is 0 Å². The van der Waals surface area contributed by atoms with Gasteiger partial charge in [0.05, 0.1) is 0 Å². The van der Waals surface area contributed by atoms with E-state index in [1.54, 1.807) is 0 Å². The van der Waals surface area contributed by atoms with E-state index in [2.05, 4.69) is 52.7 Å². The van der Waals surface area contributed by atoms with Crippen molar-refractivity contribution >= 4 is 11.6 Å². The Morgan fingerprint density at radius 1 is 0.957 bits per heavy atom. The minimum atomic E-state index is 0.793. The van der Waals surface area contributed by atoms with E-state index in [1.165, 1.54) is 37.1 Å². The van der Waals surface area contributed by atoms with Crippen LogP contribution in [-0.4, -0.2) is 24.5 Å². The first-order valence-electron chi connectivity index (χ1n) is 8.51. The summed E-state index contributed by atoms with van der Waals surface area (Å²) < 4.78 is 0. The maximum atomic E-state index is 6.26. The second-order valence-electron chi connectivity index (χ2n) is 6.43. The smallest absolute Gasteiger partial charge is 0.0451 e. The standard InChI is InChI=1S/C20H25ClN2/c21-20-9-5-4-8-19(20)16-23-12-10-18(11-13-23)15-22-14-17-6-2-1-3-7-17/h1-9,18,22H,10-16H2. The van der Waals surface area contributed by atoms with Crippen molar-refractivity contribution in [2.24, 2.45) is 5.92 Å². The number of nitrogens with zero attached hydrogens (tertiary/aromatic N) is 1. The molecular weight excluding hydrogens is 304 g/mol. The second-order valence-corrected chi connectivity index (χ2v) is 6.83. The van der Waals surface area contributed by atoms with Gasteiger partial charge in [0.1, 0.15) is 0 Å². The van der Waals surface area contributed by atoms with Crippen LogP contribution in [0.1, 0.15) is 24.0 Å². The highest BCUT2D eigenvalue weighted by molar-refractivity contribution is 6.31. The minimum absolute atomic E-state index is 0.793. The van der Waals surface area contributed by atoms with Gasteiger partial charge in [0.25, 0.3) is 0 Å². The van der Waals surface area contributed by atoms with Crippen LogP contribution in [0.25, 0.3) is 0 Å². The van der Waals surface area contributed by atoms with E-state index in [1.807, 2.05) is 12.1 Å². The van der Waals surface area contributed by atoms with Crippen LogP contribution in [0.3, 0.4) is 0 Å². The fraction of sp³-hybridized carbons (Fsp3) is 0.400. The van der Waals surface area contributed by atoms with Crippen LogP contribution in [0.2, 0.25) is 5.02 Å². The Bertz CT molecular complexity index is 592. The SMILES string of the molecule is Clc1ccccc1CN1CCC(CNCc2ccccc2)CC1. The normalized spacial score (nSPS) is 16.6. The molecule has 1 fully saturated rings. The molecule has 1 aliphatic rings. The van der Waals surface area contributed by atoms with Gasteiger partial charge >= 0.3 is 0 Å². The molecule has 23 heavy (non-hydrogen) atoms. The lowest BCUT2D eigenvalue weighted by atomic mass is 9.96. The molecular formula is C20H25ClN2.